The fourth-order valence-corrected chi connectivity index (χ4v) is 5.49. The van der Waals surface area contributed by atoms with Gasteiger partial charge in [-0.25, -0.2) is 0 Å². The zero-order valence-electron chi connectivity index (χ0n) is 24.0. The van der Waals surface area contributed by atoms with Crippen molar-refractivity contribution in [1.82, 2.24) is 15.6 Å². The van der Waals surface area contributed by atoms with Crippen molar-refractivity contribution in [3.63, 3.8) is 0 Å². The molecular weight excluding hydrogens is 504 g/mol. The van der Waals surface area contributed by atoms with Crippen molar-refractivity contribution >= 4 is 34.2 Å². The smallest absolute Gasteiger partial charge is 0.242 e. The number of benzene rings is 2. The number of rotatable bonds is 15. The van der Waals surface area contributed by atoms with Crippen molar-refractivity contribution in [2.45, 2.75) is 71.3 Å². The van der Waals surface area contributed by atoms with Gasteiger partial charge in [-0.3, -0.25) is 14.4 Å². The van der Waals surface area contributed by atoms with E-state index in [2.05, 4.69) is 38.7 Å². The number of aromatic nitrogens is 1. The number of hydrogen-bond donors (Lipinski definition) is 3. The predicted octanol–water partition coefficient (Wildman–Crippen LogP) is 4.62. The third-order valence-corrected chi connectivity index (χ3v) is 7.82. The summed E-state index contributed by atoms with van der Waals surface area (Å²) in [4.78, 5) is 43.8. The highest BCUT2D eigenvalue weighted by molar-refractivity contribution is 5.93. The molecule has 214 valence electrons. The van der Waals surface area contributed by atoms with Crippen LogP contribution in [0, 0.1) is 6.92 Å². The minimum atomic E-state index is -0.625. The normalized spacial score (nSPS) is 13.2. The molecule has 8 nitrogen and oxygen atoms in total. The maximum absolute atomic E-state index is 13.3. The maximum Gasteiger partial charge on any atom is 0.242 e. The Hall–Kier alpha value is -3.81. The van der Waals surface area contributed by atoms with Crippen LogP contribution in [0.4, 0.5) is 5.69 Å². The van der Waals surface area contributed by atoms with Crippen LogP contribution in [0.2, 0.25) is 0 Å². The number of amides is 2. The summed E-state index contributed by atoms with van der Waals surface area (Å²) in [6.45, 7) is 6.00. The minimum absolute atomic E-state index is 0.164. The van der Waals surface area contributed by atoms with E-state index >= 15 is 0 Å². The fraction of sp³-hybridized carbons (Fsp3) is 0.469. The second-order valence-corrected chi connectivity index (χ2v) is 10.6. The number of unbranched alkanes of at least 4 members (excludes halogenated alkanes) is 2. The Morgan fingerprint density at radius 1 is 1.10 bits per heavy atom. The molecule has 0 radical (unpaired) electrons. The molecule has 1 aliphatic heterocycles. The molecule has 2 aromatic carbocycles. The van der Waals surface area contributed by atoms with E-state index in [1.165, 1.54) is 11.3 Å². The van der Waals surface area contributed by atoms with Crippen LogP contribution in [-0.4, -0.2) is 55.4 Å². The van der Waals surface area contributed by atoms with Gasteiger partial charge in [-0.05, 0) is 61.6 Å². The van der Waals surface area contributed by atoms with E-state index in [-0.39, 0.29) is 24.0 Å². The van der Waals surface area contributed by atoms with Gasteiger partial charge in [0.2, 0.25) is 11.8 Å². The summed E-state index contributed by atoms with van der Waals surface area (Å²) in [5, 5.41) is 7.00. The van der Waals surface area contributed by atoms with Gasteiger partial charge in [0.05, 0.1) is 13.5 Å². The molecule has 1 aromatic heterocycles. The zero-order chi connectivity index (χ0) is 28.5. The van der Waals surface area contributed by atoms with E-state index in [0.717, 1.165) is 66.7 Å². The van der Waals surface area contributed by atoms with Gasteiger partial charge in [0.15, 0.2) is 0 Å². The second-order valence-electron chi connectivity index (χ2n) is 10.6. The van der Waals surface area contributed by atoms with E-state index in [1.54, 1.807) is 7.11 Å². The van der Waals surface area contributed by atoms with E-state index in [0.29, 0.717) is 25.8 Å². The highest BCUT2D eigenvalue weighted by atomic mass is 16.5. The average Bonchev–Trinajstić information content (AvgIpc) is 3.51. The number of nitrogens with zero attached hydrogens (tertiary/aromatic N) is 1. The Morgan fingerprint density at radius 3 is 2.73 bits per heavy atom. The van der Waals surface area contributed by atoms with Gasteiger partial charge in [-0.2, -0.15) is 0 Å². The summed E-state index contributed by atoms with van der Waals surface area (Å²) in [7, 11) is 1.62. The molecule has 3 N–H and O–H groups in total. The number of aryl methyl sites for hydroxylation is 1. The number of aromatic amines is 1. The zero-order valence-corrected chi connectivity index (χ0v) is 24.0. The molecule has 2 amide bonds. The van der Waals surface area contributed by atoms with Gasteiger partial charge in [0.25, 0.3) is 0 Å². The van der Waals surface area contributed by atoms with Gasteiger partial charge in [-0.15, -0.1) is 0 Å². The summed E-state index contributed by atoms with van der Waals surface area (Å²) in [5.74, 6) is 0.633. The summed E-state index contributed by atoms with van der Waals surface area (Å²) in [5.41, 5.74) is 5.34. The van der Waals surface area contributed by atoms with Crippen LogP contribution in [0.1, 0.15) is 62.3 Å². The van der Waals surface area contributed by atoms with Gasteiger partial charge < -0.3 is 25.3 Å². The fourth-order valence-electron chi connectivity index (χ4n) is 5.49. The number of ether oxygens (including phenoxy) is 1. The summed E-state index contributed by atoms with van der Waals surface area (Å²) >= 11 is 0. The number of methoxy groups -OCH3 is 1. The third kappa shape index (κ3) is 7.43. The topological polar surface area (TPSA) is 104 Å². The maximum atomic E-state index is 13.3. The Labute approximate surface area is 236 Å². The molecule has 3 aromatic rings. The minimum Gasteiger partial charge on any atom is -0.497 e. The number of ketones is 1. The lowest BCUT2D eigenvalue weighted by molar-refractivity contribution is -0.128. The average molecular weight is 547 g/mol. The Balaban J connectivity index is 1.36. The van der Waals surface area contributed by atoms with Crippen molar-refractivity contribution in [3.05, 3.63) is 59.3 Å². The van der Waals surface area contributed by atoms with Crippen LogP contribution in [-0.2, 0) is 27.2 Å². The van der Waals surface area contributed by atoms with Crippen molar-refractivity contribution < 1.29 is 19.1 Å². The molecule has 1 aliphatic rings. The van der Waals surface area contributed by atoms with Crippen molar-refractivity contribution in [3.8, 4) is 5.75 Å². The van der Waals surface area contributed by atoms with Crippen LogP contribution in [0.25, 0.3) is 10.9 Å². The molecule has 0 fully saturated rings. The number of nitrogens with one attached hydrogen (secondary N) is 3. The van der Waals surface area contributed by atoms with Crippen molar-refractivity contribution in [1.29, 1.82) is 0 Å². The number of H-pyrrole nitrogens is 1. The van der Waals surface area contributed by atoms with Gasteiger partial charge >= 0.3 is 0 Å². The van der Waals surface area contributed by atoms with Crippen LogP contribution in [0.5, 0.6) is 5.75 Å². The number of carbonyl (C=O) groups excluding carboxylic acids is 3. The van der Waals surface area contributed by atoms with Crippen molar-refractivity contribution in [2.24, 2.45) is 0 Å². The second kappa shape index (κ2) is 14.0. The van der Waals surface area contributed by atoms with Crippen LogP contribution >= 0.6 is 0 Å². The van der Waals surface area contributed by atoms with Gasteiger partial charge in [0.1, 0.15) is 17.6 Å². The van der Waals surface area contributed by atoms with Crippen molar-refractivity contribution in [2.75, 3.05) is 31.6 Å². The lowest BCUT2D eigenvalue weighted by Crippen LogP contribution is -2.48. The molecule has 0 saturated carbocycles. The number of fused-ring (bicyclic) bond motifs is 2. The SMILES string of the molecule is CCC(=O)CCCCCC(NC(=O)Cc1c(C)[nH]c2ccc(OC)cc12)C(=O)NCCN1CCc2ccccc21. The molecule has 0 aliphatic carbocycles. The molecule has 4 rings (SSSR count). The number of Topliss-reactive ketones (excluding diaryl/α,β-unsaturated/α-hetero) is 1. The lowest BCUT2D eigenvalue weighted by Gasteiger charge is -2.22. The summed E-state index contributed by atoms with van der Waals surface area (Å²) < 4.78 is 5.38. The first-order chi connectivity index (χ1) is 19.4. The van der Waals surface area contributed by atoms with Gasteiger partial charge in [-0.1, -0.05) is 38.0 Å². The molecule has 0 bridgehead atoms. The Bertz CT molecular complexity index is 1330. The number of para-hydroxylation sites is 1. The first-order valence-corrected chi connectivity index (χ1v) is 14.5. The molecule has 1 unspecified atom stereocenters. The number of anilines is 1. The monoisotopic (exact) mass is 546 g/mol. The van der Waals surface area contributed by atoms with E-state index in [9.17, 15) is 14.4 Å². The summed E-state index contributed by atoms with van der Waals surface area (Å²) in [6.07, 6.45) is 5.25. The molecule has 40 heavy (non-hydrogen) atoms. The number of carbonyl (C=O) groups is 3. The first kappa shape index (κ1) is 29.2. The third-order valence-electron chi connectivity index (χ3n) is 7.82. The molecule has 0 spiro atoms. The largest absolute Gasteiger partial charge is 0.497 e. The number of hydrogen-bond acceptors (Lipinski definition) is 5. The molecule has 2 heterocycles. The van der Waals surface area contributed by atoms with E-state index < -0.39 is 6.04 Å². The van der Waals surface area contributed by atoms with Gasteiger partial charge in [0, 0.05) is 54.8 Å². The quantitative estimate of drug-likeness (QED) is 0.241. The molecular formula is C32H42N4O4. The standard InChI is InChI=1S/C32H42N4O4/c1-4-24(37)11-6-5-7-12-29(32(39)33-17-19-36-18-16-23-10-8-9-13-30(23)36)35-31(38)21-26-22(2)34-28-15-14-25(40-3)20-27(26)28/h8-10,13-15,20,29,34H,4-7,11-12,16-19,21H2,1-3H3,(H,33,39)(H,35,38). The van der Waals surface area contributed by atoms with Crippen LogP contribution < -0.4 is 20.3 Å². The molecule has 8 heteroatoms. The predicted molar refractivity (Wildman–Crippen MR) is 159 cm³/mol. The first-order valence-electron chi connectivity index (χ1n) is 14.5. The molecule has 1 atom stereocenters. The summed E-state index contributed by atoms with van der Waals surface area (Å²) in [6, 6.07) is 13.5. The van der Waals surface area contributed by atoms with Crippen LogP contribution in [0.3, 0.4) is 0 Å². The van der Waals surface area contributed by atoms with E-state index in [1.807, 2.05) is 38.1 Å². The Kier molecular flexibility index (Phi) is 10.2. The van der Waals surface area contributed by atoms with E-state index in [4.69, 9.17) is 4.74 Å². The highest BCUT2D eigenvalue weighted by Gasteiger charge is 2.23. The van der Waals surface area contributed by atoms with Crippen LogP contribution in [0.15, 0.2) is 42.5 Å². The Morgan fingerprint density at radius 2 is 1.93 bits per heavy atom. The highest BCUT2D eigenvalue weighted by Crippen LogP contribution is 2.28. The lowest BCUT2D eigenvalue weighted by atomic mass is 10.0. The molecule has 0 saturated heterocycles.